The fourth-order valence-corrected chi connectivity index (χ4v) is 1.92. The maximum Gasteiger partial charge on any atom is 0.236 e. The van der Waals surface area contributed by atoms with Crippen LogP contribution in [0.4, 0.5) is 5.69 Å². The summed E-state index contributed by atoms with van der Waals surface area (Å²) < 4.78 is 7.58. The van der Waals surface area contributed by atoms with Crippen molar-refractivity contribution in [2.24, 2.45) is 0 Å². The van der Waals surface area contributed by atoms with Crippen LogP contribution < -0.4 is 10.5 Å². The third-order valence-electron chi connectivity index (χ3n) is 3.28. The van der Waals surface area contributed by atoms with Gasteiger partial charge < -0.3 is 15.4 Å². The molecule has 0 atom stereocenters. The number of rotatable bonds is 6. The van der Waals surface area contributed by atoms with Crippen LogP contribution in [0.2, 0.25) is 0 Å². The van der Waals surface area contributed by atoms with Crippen LogP contribution in [-0.4, -0.2) is 40.9 Å². The topological polar surface area (TPSA) is 56.3 Å². The molecule has 0 saturated heterocycles. The van der Waals surface area contributed by atoms with Crippen molar-refractivity contribution in [3.63, 3.8) is 0 Å². The van der Waals surface area contributed by atoms with Crippen LogP contribution in [0, 0.1) is 6.92 Å². The molecule has 1 heterocycles. The van der Waals surface area contributed by atoms with E-state index in [1.54, 1.807) is 0 Å². The van der Waals surface area contributed by atoms with E-state index in [1.807, 2.05) is 18.5 Å². The number of nitrogens with two attached hydrogens (primary N) is 1. The highest BCUT2D eigenvalue weighted by Crippen LogP contribution is 2.26. The molecule has 96 valence electrons. The van der Waals surface area contributed by atoms with Crippen molar-refractivity contribution in [3.05, 3.63) is 5.69 Å². The molecule has 0 unspecified atom stereocenters. The first-order chi connectivity index (χ1) is 8.13. The minimum Gasteiger partial charge on any atom is -0.475 e. The van der Waals surface area contributed by atoms with Gasteiger partial charge >= 0.3 is 0 Å². The second-order valence-electron chi connectivity index (χ2n) is 4.68. The zero-order valence-corrected chi connectivity index (χ0v) is 10.9. The van der Waals surface area contributed by atoms with Gasteiger partial charge in [-0.3, -0.25) is 0 Å². The number of nitrogens with zero attached hydrogens (tertiary/aromatic N) is 3. The lowest BCUT2D eigenvalue weighted by Crippen LogP contribution is -2.26. The zero-order chi connectivity index (χ0) is 12.4. The summed E-state index contributed by atoms with van der Waals surface area (Å²) in [5.41, 5.74) is 7.46. The van der Waals surface area contributed by atoms with Crippen molar-refractivity contribution in [1.29, 1.82) is 0 Å². The van der Waals surface area contributed by atoms with Crippen LogP contribution in [0.15, 0.2) is 0 Å². The van der Waals surface area contributed by atoms with Crippen molar-refractivity contribution in [2.45, 2.75) is 39.3 Å². The molecule has 0 radical (unpaired) electrons. The number of ether oxygens (including phenoxy) is 1. The lowest BCUT2D eigenvalue weighted by Gasteiger charge is -2.16. The third kappa shape index (κ3) is 2.72. The summed E-state index contributed by atoms with van der Waals surface area (Å²) in [6.45, 7) is 6.34. The average Bonchev–Trinajstić information content (AvgIpc) is 3.11. The largest absolute Gasteiger partial charge is 0.475 e. The molecular formula is C12H22N4O. The predicted molar refractivity (Wildman–Crippen MR) is 68.2 cm³/mol. The van der Waals surface area contributed by atoms with Crippen LogP contribution in [-0.2, 0) is 6.54 Å². The van der Waals surface area contributed by atoms with Crippen LogP contribution >= 0.6 is 0 Å². The minimum atomic E-state index is 0.668. The second kappa shape index (κ2) is 4.96. The Hall–Kier alpha value is -1.23. The molecule has 0 spiro atoms. The maximum atomic E-state index is 5.95. The van der Waals surface area contributed by atoms with Gasteiger partial charge in [0, 0.05) is 19.1 Å². The van der Waals surface area contributed by atoms with Crippen molar-refractivity contribution in [1.82, 2.24) is 14.7 Å². The Kier molecular flexibility index (Phi) is 3.57. The summed E-state index contributed by atoms with van der Waals surface area (Å²) >= 11 is 0. The Balaban J connectivity index is 1.88. The van der Waals surface area contributed by atoms with Gasteiger partial charge in [-0.05, 0) is 33.7 Å². The van der Waals surface area contributed by atoms with Crippen molar-refractivity contribution >= 4 is 5.69 Å². The molecule has 2 N–H and O–H groups in total. The van der Waals surface area contributed by atoms with Gasteiger partial charge in [0.1, 0.15) is 12.3 Å². The summed E-state index contributed by atoms with van der Waals surface area (Å²) in [6.07, 6.45) is 2.65. The average molecular weight is 238 g/mol. The Morgan fingerprint density at radius 3 is 2.82 bits per heavy atom. The van der Waals surface area contributed by atoms with Crippen molar-refractivity contribution in [2.75, 3.05) is 25.9 Å². The molecule has 5 heteroatoms. The summed E-state index contributed by atoms with van der Waals surface area (Å²) in [5.74, 6) is 0.717. The van der Waals surface area contributed by atoms with Gasteiger partial charge in [-0.25, -0.2) is 4.68 Å². The number of hydrogen-bond donors (Lipinski definition) is 1. The molecule has 1 fully saturated rings. The molecule has 1 saturated carbocycles. The van der Waals surface area contributed by atoms with E-state index in [1.165, 1.54) is 12.8 Å². The minimum absolute atomic E-state index is 0.668. The molecule has 1 aromatic rings. The maximum absolute atomic E-state index is 5.95. The predicted octanol–water partition coefficient (Wildman–Crippen LogP) is 1.27. The van der Waals surface area contributed by atoms with E-state index >= 15 is 0 Å². The molecule has 1 aliphatic rings. The Morgan fingerprint density at radius 2 is 2.24 bits per heavy atom. The van der Waals surface area contributed by atoms with Gasteiger partial charge in [-0.1, -0.05) is 0 Å². The number of likely N-dealkylation sites (N-methyl/N-ethyl adjacent to an activating group) is 1. The van der Waals surface area contributed by atoms with Crippen LogP contribution in [0.25, 0.3) is 0 Å². The molecule has 5 nitrogen and oxygen atoms in total. The highest BCUT2D eigenvalue weighted by molar-refractivity contribution is 5.52. The summed E-state index contributed by atoms with van der Waals surface area (Å²) in [7, 11) is 2.15. The van der Waals surface area contributed by atoms with E-state index < -0.39 is 0 Å². The van der Waals surface area contributed by atoms with Crippen molar-refractivity contribution in [3.8, 4) is 5.88 Å². The number of aryl methyl sites for hydroxylation is 2. The molecular weight excluding hydrogens is 216 g/mol. The molecule has 0 aliphatic heterocycles. The van der Waals surface area contributed by atoms with Gasteiger partial charge in [0.15, 0.2) is 0 Å². The Bertz CT molecular complexity index is 384. The van der Waals surface area contributed by atoms with E-state index in [4.69, 9.17) is 10.5 Å². The van der Waals surface area contributed by atoms with E-state index in [0.717, 1.165) is 24.8 Å². The van der Waals surface area contributed by atoms with Crippen LogP contribution in [0.1, 0.15) is 25.5 Å². The number of anilines is 1. The lowest BCUT2D eigenvalue weighted by atomic mass is 10.4. The van der Waals surface area contributed by atoms with Gasteiger partial charge in [0.2, 0.25) is 5.88 Å². The first kappa shape index (κ1) is 12.2. The number of nitrogen functional groups attached to an aromatic ring is 1. The van der Waals surface area contributed by atoms with E-state index in [-0.39, 0.29) is 0 Å². The molecule has 0 bridgehead atoms. The van der Waals surface area contributed by atoms with Gasteiger partial charge in [0.25, 0.3) is 0 Å². The van der Waals surface area contributed by atoms with Gasteiger partial charge in [0.05, 0.1) is 5.69 Å². The lowest BCUT2D eigenvalue weighted by molar-refractivity contribution is 0.219. The molecule has 0 amide bonds. The highest BCUT2D eigenvalue weighted by Gasteiger charge is 2.25. The first-order valence-corrected chi connectivity index (χ1v) is 6.29. The SMILES string of the molecule is CCn1nc(C)c(N)c1OCCN(C)C1CC1. The fraction of sp³-hybridized carbons (Fsp3) is 0.750. The quantitative estimate of drug-likeness (QED) is 0.811. The smallest absolute Gasteiger partial charge is 0.236 e. The fourth-order valence-electron chi connectivity index (χ4n) is 1.92. The third-order valence-corrected chi connectivity index (χ3v) is 3.28. The van der Waals surface area contributed by atoms with Gasteiger partial charge in [-0.15, -0.1) is 0 Å². The van der Waals surface area contributed by atoms with Crippen LogP contribution in [0.3, 0.4) is 0 Å². The normalized spacial score (nSPS) is 15.5. The molecule has 2 rings (SSSR count). The summed E-state index contributed by atoms with van der Waals surface area (Å²) in [5, 5.41) is 4.33. The van der Waals surface area contributed by atoms with Crippen molar-refractivity contribution < 1.29 is 4.74 Å². The van der Waals surface area contributed by atoms with Crippen LogP contribution in [0.5, 0.6) is 5.88 Å². The number of aromatic nitrogens is 2. The first-order valence-electron chi connectivity index (χ1n) is 6.29. The standard InChI is InChI=1S/C12H22N4O/c1-4-16-12(11(13)9(2)14-16)17-8-7-15(3)10-5-6-10/h10H,4-8,13H2,1-3H3. The van der Waals surface area contributed by atoms with E-state index in [2.05, 4.69) is 17.0 Å². The second-order valence-corrected chi connectivity index (χ2v) is 4.68. The highest BCUT2D eigenvalue weighted by atomic mass is 16.5. The Labute approximate surface area is 103 Å². The monoisotopic (exact) mass is 238 g/mol. The zero-order valence-electron chi connectivity index (χ0n) is 10.9. The molecule has 0 aromatic carbocycles. The molecule has 1 aromatic heterocycles. The summed E-state index contributed by atoms with van der Waals surface area (Å²) in [4.78, 5) is 2.34. The van der Waals surface area contributed by atoms with E-state index in [0.29, 0.717) is 18.2 Å². The summed E-state index contributed by atoms with van der Waals surface area (Å²) in [6, 6.07) is 0.772. The molecule has 17 heavy (non-hydrogen) atoms. The Morgan fingerprint density at radius 1 is 1.53 bits per heavy atom. The number of hydrogen-bond acceptors (Lipinski definition) is 4. The van der Waals surface area contributed by atoms with E-state index in [9.17, 15) is 0 Å². The molecule has 1 aliphatic carbocycles. The van der Waals surface area contributed by atoms with Gasteiger partial charge in [-0.2, -0.15) is 5.10 Å².